The lowest BCUT2D eigenvalue weighted by Crippen LogP contribution is -2.49. The van der Waals surface area contributed by atoms with E-state index in [-0.39, 0.29) is 12.5 Å². The van der Waals surface area contributed by atoms with Crippen LogP contribution in [0, 0.1) is 5.92 Å². The minimum atomic E-state index is -0.714. The second kappa shape index (κ2) is 6.24. The second-order valence-electron chi connectivity index (χ2n) is 5.05. The molecule has 108 valence electrons. The summed E-state index contributed by atoms with van der Waals surface area (Å²) in [4.78, 5) is 25.3. The van der Waals surface area contributed by atoms with Crippen LogP contribution in [0.1, 0.15) is 13.3 Å². The molecule has 0 radical (unpaired) electrons. The van der Waals surface area contributed by atoms with Crippen LogP contribution in [0.4, 0.5) is 5.69 Å². The van der Waals surface area contributed by atoms with Crippen molar-refractivity contribution in [2.75, 3.05) is 18.4 Å². The largest absolute Gasteiger partial charge is 0.391 e. The van der Waals surface area contributed by atoms with Crippen molar-refractivity contribution in [3.8, 4) is 0 Å². The van der Waals surface area contributed by atoms with Crippen molar-refractivity contribution in [1.82, 2.24) is 4.90 Å². The number of piperidine rings is 1. The van der Waals surface area contributed by atoms with Gasteiger partial charge in [0, 0.05) is 23.8 Å². The highest BCUT2D eigenvalue weighted by atomic mass is 35.5. The fourth-order valence-corrected chi connectivity index (χ4v) is 2.32. The highest BCUT2D eigenvalue weighted by Crippen LogP contribution is 2.18. The van der Waals surface area contributed by atoms with Gasteiger partial charge in [-0.25, -0.2) is 0 Å². The lowest BCUT2D eigenvalue weighted by molar-refractivity contribution is -0.146. The fourth-order valence-electron chi connectivity index (χ4n) is 2.13. The number of hydrogen-bond donors (Lipinski definition) is 2. The molecule has 1 fully saturated rings. The molecular formula is C14H17ClN2O3. The van der Waals surface area contributed by atoms with E-state index in [1.165, 1.54) is 4.90 Å². The van der Waals surface area contributed by atoms with Gasteiger partial charge in [-0.15, -0.1) is 0 Å². The quantitative estimate of drug-likeness (QED) is 0.772. The Morgan fingerprint density at radius 1 is 1.45 bits per heavy atom. The zero-order valence-corrected chi connectivity index (χ0v) is 11.9. The molecule has 2 unspecified atom stereocenters. The van der Waals surface area contributed by atoms with Crippen LogP contribution >= 0.6 is 11.6 Å². The highest BCUT2D eigenvalue weighted by molar-refractivity contribution is 6.39. The smallest absolute Gasteiger partial charge is 0.313 e. The van der Waals surface area contributed by atoms with Crippen LogP contribution in [-0.4, -0.2) is 41.0 Å². The molecule has 2 atom stereocenters. The van der Waals surface area contributed by atoms with Gasteiger partial charge in [-0.1, -0.05) is 24.6 Å². The Morgan fingerprint density at radius 2 is 2.20 bits per heavy atom. The number of carbonyl (C=O) groups is 2. The summed E-state index contributed by atoms with van der Waals surface area (Å²) < 4.78 is 0. The van der Waals surface area contributed by atoms with E-state index in [1.807, 2.05) is 6.92 Å². The summed E-state index contributed by atoms with van der Waals surface area (Å²) in [6, 6.07) is 6.60. The van der Waals surface area contributed by atoms with Gasteiger partial charge in [0.15, 0.2) is 0 Å². The van der Waals surface area contributed by atoms with Gasteiger partial charge < -0.3 is 15.3 Å². The predicted octanol–water partition coefficient (Wildman–Crippen LogP) is 1.51. The number of aliphatic hydroxyl groups excluding tert-OH is 1. The van der Waals surface area contributed by atoms with Crippen molar-refractivity contribution in [2.45, 2.75) is 19.4 Å². The first-order valence-electron chi connectivity index (χ1n) is 6.51. The number of aliphatic hydroxyl groups is 1. The molecule has 1 aliphatic heterocycles. The Labute approximate surface area is 122 Å². The maximum atomic E-state index is 12.0. The maximum absolute atomic E-state index is 12.0. The summed E-state index contributed by atoms with van der Waals surface area (Å²) in [5.41, 5.74) is 0.474. The average Bonchev–Trinajstić information content (AvgIpc) is 2.41. The summed E-state index contributed by atoms with van der Waals surface area (Å²) in [7, 11) is 0. The Balaban J connectivity index is 1.97. The monoisotopic (exact) mass is 296 g/mol. The van der Waals surface area contributed by atoms with E-state index >= 15 is 0 Å². The van der Waals surface area contributed by atoms with Crippen LogP contribution < -0.4 is 5.32 Å². The lowest BCUT2D eigenvalue weighted by atomic mass is 9.96. The molecule has 1 aromatic carbocycles. The minimum Gasteiger partial charge on any atom is -0.391 e. The topological polar surface area (TPSA) is 69.6 Å². The van der Waals surface area contributed by atoms with E-state index in [4.69, 9.17) is 11.6 Å². The molecule has 1 heterocycles. The normalized spacial score (nSPS) is 22.4. The first-order valence-corrected chi connectivity index (χ1v) is 6.89. The van der Waals surface area contributed by atoms with Crippen LogP contribution in [0.25, 0.3) is 0 Å². The predicted molar refractivity (Wildman–Crippen MR) is 76.4 cm³/mol. The number of halogens is 1. The molecule has 2 N–H and O–H groups in total. The van der Waals surface area contributed by atoms with E-state index in [0.717, 1.165) is 0 Å². The molecule has 0 saturated carbocycles. The number of nitrogens with zero attached hydrogens (tertiary/aromatic N) is 1. The number of benzene rings is 1. The van der Waals surface area contributed by atoms with E-state index in [0.29, 0.717) is 23.7 Å². The average molecular weight is 297 g/mol. The molecule has 1 saturated heterocycles. The van der Waals surface area contributed by atoms with Crippen molar-refractivity contribution in [2.24, 2.45) is 5.92 Å². The Hall–Kier alpha value is -1.59. The zero-order valence-electron chi connectivity index (χ0n) is 11.2. The van der Waals surface area contributed by atoms with Crippen molar-refractivity contribution >= 4 is 29.1 Å². The Kier molecular flexibility index (Phi) is 4.62. The summed E-state index contributed by atoms with van der Waals surface area (Å²) in [5, 5.41) is 12.8. The van der Waals surface area contributed by atoms with Crippen LogP contribution in [0.2, 0.25) is 5.02 Å². The molecule has 20 heavy (non-hydrogen) atoms. The maximum Gasteiger partial charge on any atom is 0.313 e. The van der Waals surface area contributed by atoms with Gasteiger partial charge in [0.25, 0.3) is 0 Å². The van der Waals surface area contributed by atoms with Crippen LogP contribution in [0.5, 0.6) is 0 Å². The molecule has 0 aromatic heterocycles. The minimum absolute atomic E-state index is 0.148. The molecule has 1 aromatic rings. The number of anilines is 1. The summed E-state index contributed by atoms with van der Waals surface area (Å²) >= 11 is 5.81. The summed E-state index contributed by atoms with van der Waals surface area (Å²) in [5.74, 6) is -1.19. The molecule has 1 aliphatic rings. The standard InChI is InChI=1S/C14H17ClN2O3/c1-9-5-6-17(8-12(9)18)14(20)13(19)16-11-4-2-3-10(15)7-11/h2-4,7,9,12,18H,5-6,8H2,1H3,(H,16,19). The van der Waals surface area contributed by atoms with E-state index < -0.39 is 17.9 Å². The zero-order chi connectivity index (χ0) is 14.7. The summed E-state index contributed by atoms with van der Waals surface area (Å²) in [6.07, 6.45) is 0.115. The number of amides is 2. The van der Waals surface area contributed by atoms with Gasteiger partial charge in [-0.05, 0) is 30.5 Å². The van der Waals surface area contributed by atoms with Gasteiger partial charge in [-0.2, -0.15) is 0 Å². The number of carbonyl (C=O) groups excluding carboxylic acids is 2. The molecule has 2 rings (SSSR count). The van der Waals surface area contributed by atoms with Gasteiger partial charge in [-0.3, -0.25) is 9.59 Å². The third-order valence-electron chi connectivity index (χ3n) is 3.48. The molecule has 6 heteroatoms. The van der Waals surface area contributed by atoms with E-state index in [9.17, 15) is 14.7 Å². The third kappa shape index (κ3) is 3.49. The molecule has 2 amide bonds. The van der Waals surface area contributed by atoms with E-state index in [2.05, 4.69) is 5.32 Å². The number of nitrogens with one attached hydrogen (secondary N) is 1. The van der Waals surface area contributed by atoms with Gasteiger partial charge in [0.1, 0.15) is 0 Å². The molecular weight excluding hydrogens is 280 g/mol. The SMILES string of the molecule is CC1CCN(C(=O)C(=O)Nc2cccc(Cl)c2)CC1O. The van der Waals surface area contributed by atoms with Crippen LogP contribution in [0.15, 0.2) is 24.3 Å². The molecule has 0 spiro atoms. The van der Waals surface area contributed by atoms with Crippen molar-refractivity contribution < 1.29 is 14.7 Å². The number of rotatable bonds is 1. The number of β-amino-alcohol motifs (C(OH)–C–C–N with tert-alkyl or cyclic N) is 1. The van der Waals surface area contributed by atoms with Crippen molar-refractivity contribution in [1.29, 1.82) is 0 Å². The third-order valence-corrected chi connectivity index (χ3v) is 3.72. The van der Waals surface area contributed by atoms with E-state index in [1.54, 1.807) is 24.3 Å². The second-order valence-corrected chi connectivity index (χ2v) is 5.49. The molecule has 0 aliphatic carbocycles. The highest BCUT2D eigenvalue weighted by Gasteiger charge is 2.30. The summed E-state index contributed by atoms with van der Waals surface area (Å²) in [6.45, 7) is 2.61. The van der Waals surface area contributed by atoms with Crippen LogP contribution in [-0.2, 0) is 9.59 Å². The van der Waals surface area contributed by atoms with Gasteiger partial charge >= 0.3 is 11.8 Å². The van der Waals surface area contributed by atoms with Crippen molar-refractivity contribution in [3.63, 3.8) is 0 Å². The fraction of sp³-hybridized carbons (Fsp3) is 0.429. The lowest BCUT2D eigenvalue weighted by Gasteiger charge is -2.33. The Bertz CT molecular complexity index is 521. The van der Waals surface area contributed by atoms with Gasteiger partial charge in [0.2, 0.25) is 0 Å². The number of hydrogen-bond acceptors (Lipinski definition) is 3. The molecule has 5 nitrogen and oxygen atoms in total. The number of likely N-dealkylation sites (tertiary alicyclic amines) is 1. The first-order chi connectivity index (χ1) is 9.47. The Morgan fingerprint density at radius 3 is 2.85 bits per heavy atom. The van der Waals surface area contributed by atoms with Crippen molar-refractivity contribution in [3.05, 3.63) is 29.3 Å². The van der Waals surface area contributed by atoms with Gasteiger partial charge in [0.05, 0.1) is 6.10 Å². The molecule has 0 bridgehead atoms. The first kappa shape index (κ1) is 14.8. The van der Waals surface area contributed by atoms with Crippen LogP contribution in [0.3, 0.4) is 0 Å².